The first-order valence-corrected chi connectivity index (χ1v) is 8.57. The molecule has 4 nitrogen and oxygen atoms in total. The lowest BCUT2D eigenvalue weighted by molar-refractivity contribution is -0.140. The number of unbranched alkanes of at least 4 members (excludes halogenated alkanes) is 2. The number of methoxy groups -OCH3 is 1. The zero-order chi connectivity index (χ0) is 17.3. The molecule has 0 aliphatic rings. The van der Waals surface area contributed by atoms with Crippen molar-refractivity contribution in [2.24, 2.45) is 0 Å². The van der Waals surface area contributed by atoms with Gasteiger partial charge in [-0.05, 0) is 50.5 Å². The molecule has 0 heterocycles. The minimum Gasteiger partial charge on any atom is -0.496 e. The lowest BCUT2D eigenvalue weighted by Gasteiger charge is -2.29. The maximum atomic E-state index is 12.7. The van der Waals surface area contributed by atoms with Gasteiger partial charge in [0.05, 0.1) is 7.11 Å². The summed E-state index contributed by atoms with van der Waals surface area (Å²) in [7, 11) is 1.64. The molecule has 0 saturated heterocycles. The monoisotopic (exact) mass is 321 g/mol. The van der Waals surface area contributed by atoms with Crippen LogP contribution in [-0.4, -0.2) is 25.2 Å². The van der Waals surface area contributed by atoms with Crippen LogP contribution in [0.2, 0.25) is 0 Å². The molecule has 0 aliphatic heterocycles. The summed E-state index contributed by atoms with van der Waals surface area (Å²) in [6, 6.07) is 5.64. The smallest absolute Gasteiger partial charge is 0.256 e. The standard InChI is InChI=1S/C19H31NO3/c1-6-8-9-12-19(4,23-13-7-2)18(21)20-16-10-11-17(22-5)15(3)14-16/h10-11,14H,6-9,12-13H2,1-5H3,(H,20,21)/t19-/m1/s1. The summed E-state index contributed by atoms with van der Waals surface area (Å²) in [5, 5.41) is 2.99. The molecule has 1 amide bonds. The van der Waals surface area contributed by atoms with Gasteiger partial charge in [-0.2, -0.15) is 0 Å². The number of anilines is 1. The predicted octanol–water partition coefficient (Wildman–Crippen LogP) is 4.71. The predicted molar refractivity (Wildman–Crippen MR) is 95.2 cm³/mol. The van der Waals surface area contributed by atoms with Gasteiger partial charge in [-0.15, -0.1) is 0 Å². The molecule has 1 N–H and O–H groups in total. The highest BCUT2D eigenvalue weighted by atomic mass is 16.5. The highest BCUT2D eigenvalue weighted by Crippen LogP contribution is 2.25. The van der Waals surface area contributed by atoms with Crippen molar-refractivity contribution in [3.8, 4) is 5.75 Å². The van der Waals surface area contributed by atoms with Crippen LogP contribution in [0.1, 0.15) is 58.4 Å². The molecular formula is C19H31NO3. The van der Waals surface area contributed by atoms with Crippen molar-refractivity contribution < 1.29 is 14.3 Å². The molecule has 130 valence electrons. The molecule has 0 fully saturated rings. The van der Waals surface area contributed by atoms with E-state index in [1.807, 2.05) is 32.0 Å². The molecule has 4 heteroatoms. The van der Waals surface area contributed by atoms with Gasteiger partial charge >= 0.3 is 0 Å². The second-order valence-corrected chi connectivity index (χ2v) is 6.17. The number of ether oxygens (including phenoxy) is 2. The Morgan fingerprint density at radius 3 is 2.52 bits per heavy atom. The number of carbonyl (C=O) groups excluding carboxylic acids is 1. The Hall–Kier alpha value is -1.55. The maximum absolute atomic E-state index is 12.7. The van der Waals surface area contributed by atoms with Gasteiger partial charge in [0.2, 0.25) is 0 Å². The molecule has 1 rings (SSSR count). The van der Waals surface area contributed by atoms with E-state index in [4.69, 9.17) is 9.47 Å². The van der Waals surface area contributed by atoms with Gasteiger partial charge in [-0.1, -0.05) is 33.1 Å². The SMILES string of the molecule is CCCCC[C@@](C)(OCCC)C(=O)Nc1ccc(OC)c(C)c1. The molecular weight excluding hydrogens is 290 g/mol. The third-order valence-electron chi connectivity index (χ3n) is 4.02. The normalized spacial score (nSPS) is 13.4. The molecule has 0 aromatic heterocycles. The van der Waals surface area contributed by atoms with Crippen LogP contribution < -0.4 is 10.1 Å². The molecule has 0 radical (unpaired) electrons. The maximum Gasteiger partial charge on any atom is 0.256 e. The van der Waals surface area contributed by atoms with E-state index in [0.29, 0.717) is 6.61 Å². The zero-order valence-electron chi connectivity index (χ0n) is 15.2. The molecule has 0 bridgehead atoms. The van der Waals surface area contributed by atoms with Gasteiger partial charge in [-0.25, -0.2) is 0 Å². The molecule has 0 spiro atoms. The van der Waals surface area contributed by atoms with E-state index in [0.717, 1.165) is 49.1 Å². The summed E-state index contributed by atoms with van der Waals surface area (Å²) < 4.78 is 11.2. The average Bonchev–Trinajstić information content (AvgIpc) is 2.53. The first-order valence-electron chi connectivity index (χ1n) is 8.57. The van der Waals surface area contributed by atoms with Gasteiger partial charge in [0.25, 0.3) is 5.91 Å². The Balaban J connectivity index is 2.80. The molecule has 1 atom stereocenters. The highest BCUT2D eigenvalue weighted by Gasteiger charge is 2.33. The van der Waals surface area contributed by atoms with E-state index in [1.165, 1.54) is 0 Å². The number of rotatable bonds is 10. The Bertz CT molecular complexity index is 501. The average molecular weight is 321 g/mol. The Morgan fingerprint density at radius 2 is 1.96 bits per heavy atom. The quantitative estimate of drug-likeness (QED) is 0.635. The Labute approximate surface area is 140 Å². The van der Waals surface area contributed by atoms with Gasteiger partial charge in [-0.3, -0.25) is 4.79 Å². The number of carbonyl (C=O) groups is 1. The van der Waals surface area contributed by atoms with Crippen LogP contribution in [0.25, 0.3) is 0 Å². The fourth-order valence-electron chi connectivity index (χ4n) is 2.51. The third-order valence-corrected chi connectivity index (χ3v) is 4.02. The number of nitrogens with one attached hydrogen (secondary N) is 1. The lowest BCUT2D eigenvalue weighted by Crippen LogP contribution is -2.43. The zero-order valence-corrected chi connectivity index (χ0v) is 15.2. The number of hydrogen-bond acceptors (Lipinski definition) is 3. The van der Waals surface area contributed by atoms with Crippen LogP contribution in [0.5, 0.6) is 5.75 Å². The van der Waals surface area contributed by atoms with E-state index in [2.05, 4.69) is 19.2 Å². The van der Waals surface area contributed by atoms with E-state index < -0.39 is 5.60 Å². The van der Waals surface area contributed by atoms with Crippen LogP contribution in [0.4, 0.5) is 5.69 Å². The van der Waals surface area contributed by atoms with Crippen LogP contribution in [0.3, 0.4) is 0 Å². The Kier molecular flexibility index (Phi) is 8.10. The summed E-state index contributed by atoms with van der Waals surface area (Å²) in [5.41, 5.74) is 0.988. The lowest BCUT2D eigenvalue weighted by atomic mass is 9.96. The van der Waals surface area contributed by atoms with Crippen molar-refractivity contribution in [3.63, 3.8) is 0 Å². The van der Waals surface area contributed by atoms with E-state index >= 15 is 0 Å². The number of amides is 1. The number of hydrogen-bond donors (Lipinski definition) is 1. The van der Waals surface area contributed by atoms with Gasteiger partial charge in [0.1, 0.15) is 11.4 Å². The fourth-order valence-corrected chi connectivity index (χ4v) is 2.51. The molecule has 0 unspecified atom stereocenters. The van der Waals surface area contributed by atoms with Crippen molar-refractivity contribution in [1.29, 1.82) is 0 Å². The molecule has 0 saturated carbocycles. The van der Waals surface area contributed by atoms with Crippen molar-refractivity contribution >= 4 is 11.6 Å². The molecule has 1 aromatic carbocycles. The number of aryl methyl sites for hydroxylation is 1. The van der Waals surface area contributed by atoms with Gasteiger partial charge in [0.15, 0.2) is 0 Å². The van der Waals surface area contributed by atoms with Crippen LogP contribution in [-0.2, 0) is 9.53 Å². The summed E-state index contributed by atoms with van der Waals surface area (Å²) in [6.07, 6.45) is 4.87. The van der Waals surface area contributed by atoms with Crippen molar-refractivity contribution in [2.45, 2.75) is 65.4 Å². The summed E-state index contributed by atoms with van der Waals surface area (Å²) >= 11 is 0. The van der Waals surface area contributed by atoms with Crippen molar-refractivity contribution in [2.75, 3.05) is 19.0 Å². The van der Waals surface area contributed by atoms with E-state index in [-0.39, 0.29) is 5.91 Å². The minimum absolute atomic E-state index is 0.0772. The van der Waals surface area contributed by atoms with E-state index in [1.54, 1.807) is 7.11 Å². The number of benzene rings is 1. The van der Waals surface area contributed by atoms with Crippen LogP contribution in [0.15, 0.2) is 18.2 Å². The topological polar surface area (TPSA) is 47.6 Å². The Morgan fingerprint density at radius 1 is 1.22 bits per heavy atom. The molecule has 1 aromatic rings. The minimum atomic E-state index is -0.779. The van der Waals surface area contributed by atoms with Crippen LogP contribution >= 0.6 is 0 Å². The van der Waals surface area contributed by atoms with Crippen molar-refractivity contribution in [1.82, 2.24) is 0 Å². The first kappa shape index (κ1) is 19.5. The summed E-state index contributed by atoms with van der Waals surface area (Å²) in [6.45, 7) is 8.66. The third kappa shape index (κ3) is 5.87. The second kappa shape index (κ2) is 9.56. The summed E-state index contributed by atoms with van der Waals surface area (Å²) in [5.74, 6) is 0.738. The van der Waals surface area contributed by atoms with Crippen LogP contribution in [0, 0.1) is 6.92 Å². The van der Waals surface area contributed by atoms with Gasteiger partial charge < -0.3 is 14.8 Å². The molecule has 23 heavy (non-hydrogen) atoms. The van der Waals surface area contributed by atoms with E-state index in [9.17, 15) is 4.79 Å². The first-order chi connectivity index (χ1) is 11.0. The largest absolute Gasteiger partial charge is 0.496 e. The van der Waals surface area contributed by atoms with Gasteiger partial charge in [0, 0.05) is 12.3 Å². The summed E-state index contributed by atoms with van der Waals surface area (Å²) in [4.78, 5) is 12.7. The fraction of sp³-hybridized carbons (Fsp3) is 0.632. The van der Waals surface area contributed by atoms with Crippen molar-refractivity contribution in [3.05, 3.63) is 23.8 Å². The second-order valence-electron chi connectivity index (χ2n) is 6.17. The molecule has 0 aliphatic carbocycles. The highest BCUT2D eigenvalue weighted by molar-refractivity contribution is 5.97.